The zero-order chi connectivity index (χ0) is 21.2. The summed E-state index contributed by atoms with van der Waals surface area (Å²) in [4.78, 5) is 34.3. The van der Waals surface area contributed by atoms with Gasteiger partial charge >= 0.3 is 0 Å². The number of hydrogen-bond acceptors (Lipinski definition) is 5. The third-order valence-corrected chi connectivity index (χ3v) is 5.82. The van der Waals surface area contributed by atoms with Gasteiger partial charge in [0.15, 0.2) is 0 Å². The van der Waals surface area contributed by atoms with Crippen LogP contribution in [-0.2, 0) is 17.8 Å². The number of ether oxygens (including phenoxy) is 1. The summed E-state index contributed by atoms with van der Waals surface area (Å²) in [5.41, 5.74) is 1.61. The zero-order valence-electron chi connectivity index (χ0n) is 17.4. The number of pyridine rings is 1. The van der Waals surface area contributed by atoms with Crippen LogP contribution in [0.3, 0.4) is 0 Å². The molecule has 0 unspecified atom stereocenters. The Bertz CT molecular complexity index is 1150. The molecule has 160 valence electrons. The van der Waals surface area contributed by atoms with Crippen LogP contribution in [0.15, 0.2) is 47.4 Å². The van der Waals surface area contributed by atoms with Gasteiger partial charge < -0.3 is 10.1 Å². The molecule has 7 heteroatoms. The second-order valence-electron chi connectivity index (χ2n) is 8.49. The molecule has 2 aromatic heterocycles. The fourth-order valence-corrected chi connectivity index (χ4v) is 3.68. The maximum absolute atomic E-state index is 12.9. The summed E-state index contributed by atoms with van der Waals surface area (Å²) >= 11 is 0. The summed E-state index contributed by atoms with van der Waals surface area (Å²) in [5, 5.41) is 3.57. The average Bonchev–Trinajstić information content (AvgIpc) is 3.70. The normalized spacial score (nSPS) is 15.7. The first kappa shape index (κ1) is 19.7. The van der Waals surface area contributed by atoms with E-state index in [0.29, 0.717) is 41.5 Å². The molecular formula is C24H26N4O3. The highest BCUT2D eigenvalue weighted by molar-refractivity contribution is 5.78. The second-order valence-corrected chi connectivity index (χ2v) is 8.49. The number of carbonyl (C=O) groups is 1. The number of para-hydroxylation sites is 1. The summed E-state index contributed by atoms with van der Waals surface area (Å²) in [6, 6.07) is 11.4. The van der Waals surface area contributed by atoms with Gasteiger partial charge in [-0.1, -0.05) is 18.2 Å². The molecule has 31 heavy (non-hydrogen) atoms. The molecular weight excluding hydrogens is 392 g/mol. The van der Waals surface area contributed by atoms with Gasteiger partial charge in [0.2, 0.25) is 11.8 Å². The largest absolute Gasteiger partial charge is 0.477 e. The number of nitrogens with zero attached hydrogens (tertiary/aromatic N) is 3. The van der Waals surface area contributed by atoms with Gasteiger partial charge in [-0.2, -0.15) is 0 Å². The number of amides is 1. The maximum Gasteiger partial charge on any atom is 0.261 e. The van der Waals surface area contributed by atoms with Gasteiger partial charge in [-0.3, -0.25) is 14.2 Å². The molecule has 2 fully saturated rings. The van der Waals surface area contributed by atoms with E-state index in [2.05, 4.69) is 10.3 Å². The van der Waals surface area contributed by atoms with Crippen LogP contribution in [0.1, 0.15) is 49.5 Å². The van der Waals surface area contributed by atoms with Crippen molar-refractivity contribution in [2.24, 2.45) is 5.92 Å². The monoisotopic (exact) mass is 418 g/mol. The van der Waals surface area contributed by atoms with Crippen LogP contribution in [0, 0.1) is 5.92 Å². The fourth-order valence-electron chi connectivity index (χ4n) is 3.68. The number of benzene rings is 1. The van der Waals surface area contributed by atoms with E-state index in [-0.39, 0.29) is 23.9 Å². The van der Waals surface area contributed by atoms with Gasteiger partial charge in [0.1, 0.15) is 5.82 Å². The smallest absolute Gasteiger partial charge is 0.261 e. The van der Waals surface area contributed by atoms with Crippen LogP contribution in [-0.4, -0.2) is 27.0 Å². The quantitative estimate of drug-likeness (QED) is 0.577. The van der Waals surface area contributed by atoms with Crippen molar-refractivity contribution >= 4 is 16.8 Å². The van der Waals surface area contributed by atoms with Gasteiger partial charge in [0.25, 0.3) is 5.56 Å². The topological polar surface area (TPSA) is 86.1 Å². The minimum Gasteiger partial charge on any atom is -0.477 e. The standard InChI is InChI=1S/C24H26N4O3/c29-22(25-13-17-7-12-23(26-14-17)31-15-16-5-6-16)11-10-21-27-20-4-2-1-3-19(20)24(30)28(21)18-8-9-18/h1-4,7,12,14,16,18H,5-6,8-11,13,15H2,(H,25,29). The number of carbonyl (C=O) groups excluding carboxylic acids is 1. The zero-order valence-corrected chi connectivity index (χ0v) is 17.4. The van der Waals surface area contributed by atoms with E-state index >= 15 is 0 Å². The average molecular weight is 418 g/mol. The van der Waals surface area contributed by atoms with E-state index in [4.69, 9.17) is 9.72 Å². The molecule has 0 aliphatic heterocycles. The predicted molar refractivity (Wildman–Crippen MR) is 117 cm³/mol. The highest BCUT2D eigenvalue weighted by Gasteiger charge is 2.28. The molecule has 0 radical (unpaired) electrons. The SMILES string of the molecule is O=C(CCc1nc2ccccc2c(=O)n1C1CC1)NCc1ccc(OCC2CC2)nc1. The van der Waals surface area contributed by atoms with Gasteiger partial charge in [0, 0.05) is 37.7 Å². The Morgan fingerprint density at radius 1 is 1.13 bits per heavy atom. The van der Waals surface area contributed by atoms with Crippen LogP contribution in [0.5, 0.6) is 5.88 Å². The van der Waals surface area contributed by atoms with Crippen molar-refractivity contribution in [1.82, 2.24) is 19.9 Å². The summed E-state index contributed by atoms with van der Waals surface area (Å²) in [5.74, 6) is 1.94. The summed E-state index contributed by atoms with van der Waals surface area (Å²) in [6.07, 6.45) is 6.94. The Balaban J connectivity index is 1.18. The van der Waals surface area contributed by atoms with E-state index in [1.54, 1.807) is 10.8 Å². The molecule has 5 rings (SSSR count). The molecule has 2 heterocycles. The number of rotatable bonds is 9. The second kappa shape index (κ2) is 8.49. The molecule has 2 aliphatic carbocycles. The van der Waals surface area contributed by atoms with Gasteiger partial charge in [-0.25, -0.2) is 9.97 Å². The number of hydrogen-bond donors (Lipinski definition) is 1. The van der Waals surface area contributed by atoms with E-state index in [0.717, 1.165) is 25.0 Å². The Kier molecular flexibility index (Phi) is 5.40. The van der Waals surface area contributed by atoms with Crippen molar-refractivity contribution in [2.75, 3.05) is 6.61 Å². The third kappa shape index (κ3) is 4.76. The lowest BCUT2D eigenvalue weighted by Crippen LogP contribution is -2.27. The molecule has 1 N–H and O–H groups in total. The van der Waals surface area contributed by atoms with Crippen LogP contribution in [0.2, 0.25) is 0 Å². The molecule has 2 aliphatic rings. The summed E-state index contributed by atoms with van der Waals surface area (Å²) in [6.45, 7) is 1.15. The van der Waals surface area contributed by atoms with E-state index in [9.17, 15) is 9.59 Å². The lowest BCUT2D eigenvalue weighted by atomic mass is 10.2. The van der Waals surface area contributed by atoms with E-state index in [1.807, 2.05) is 36.4 Å². The fraction of sp³-hybridized carbons (Fsp3) is 0.417. The van der Waals surface area contributed by atoms with Crippen LogP contribution >= 0.6 is 0 Å². The molecule has 0 spiro atoms. The molecule has 0 atom stereocenters. The predicted octanol–water partition coefficient (Wildman–Crippen LogP) is 3.16. The molecule has 0 saturated heterocycles. The van der Waals surface area contributed by atoms with Gasteiger partial charge in [0.05, 0.1) is 17.5 Å². The Hall–Kier alpha value is -3.22. The minimum absolute atomic E-state index is 0.00132. The van der Waals surface area contributed by atoms with Crippen molar-refractivity contribution in [3.05, 3.63) is 64.3 Å². The summed E-state index contributed by atoms with van der Waals surface area (Å²) < 4.78 is 7.43. The first-order valence-electron chi connectivity index (χ1n) is 11.0. The first-order valence-corrected chi connectivity index (χ1v) is 11.0. The first-order chi connectivity index (χ1) is 15.2. The van der Waals surface area contributed by atoms with Crippen molar-refractivity contribution in [1.29, 1.82) is 0 Å². The van der Waals surface area contributed by atoms with Crippen molar-refractivity contribution in [2.45, 2.75) is 51.1 Å². The molecule has 3 aromatic rings. The highest BCUT2D eigenvalue weighted by Crippen LogP contribution is 2.35. The Morgan fingerprint density at radius 3 is 2.71 bits per heavy atom. The lowest BCUT2D eigenvalue weighted by molar-refractivity contribution is -0.121. The highest BCUT2D eigenvalue weighted by atomic mass is 16.5. The summed E-state index contributed by atoms with van der Waals surface area (Å²) in [7, 11) is 0. The van der Waals surface area contributed by atoms with Crippen LogP contribution in [0.25, 0.3) is 10.9 Å². The number of aryl methyl sites for hydroxylation is 1. The number of fused-ring (bicyclic) bond motifs is 1. The third-order valence-electron chi connectivity index (χ3n) is 5.82. The maximum atomic E-state index is 12.9. The Labute approximate surface area is 180 Å². The van der Waals surface area contributed by atoms with Gasteiger partial charge in [-0.05, 0) is 49.3 Å². The molecule has 0 bridgehead atoms. The molecule has 7 nitrogen and oxygen atoms in total. The molecule has 1 aromatic carbocycles. The van der Waals surface area contributed by atoms with Gasteiger partial charge in [-0.15, -0.1) is 0 Å². The van der Waals surface area contributed by atoms with Crippen molar-refractivity contribution in [3.63, 3.8) is 0 Å². The number of nitrogens with one attached hydrogen (secondary N) is 1. The minimum atomic E-state index is -0.0705. The molecule has 2 saturated carbocycles. The van der Waals surface area contributed by atoms with E-state index < -0.39 is 0 Å². The van der Waals surface area contributed by atoms with E-state index in [1.165, 1.54) is 12.8 Å². The van der Waals surface area contributed by atoms with Crippen molar-refractivity contribution in [3.8, 4) is 5.88 Å². The van der Waals surface area contributed by atoms with Crippen LogP contribution < -0.4 is 15.6 Å². The molecule has 1 amide bonds. The van der Waals surface area contributed by atoms with Crippen LogP contribution in [0.4, 0.5) is 0 Å². The number of aromatic nitrogens is 3. The van der Waals surface area contributed by atoms with Crippen molar-refractivity contribution < 1.29 is 9.53 Å². The Morgan fingerprint density at radius 2 is 1.97 bits per heavy atom. The lowest BCUT2D eigenvalue weighted by Gasteiger charge is -2.13.